The van der Waals surface area contributed by atoms with E-state index >= 15 is 0 Å². The molecule has 0 aromatic heterocycles. The predicted molar refractivity (Wildman–Crippen MR) is 130 cm³/mol. The summed E-state index contributed by atoms with van der Waals surface area (Å²) in [4.78, 5) is 5.18. The number of piperidine rings is 1. The molecule has 2 saturated heterocycles. The van der Waals surface area contributed by atoms with Crippen LogP contribution in [0.2, 0.25) is 0 Å². The Kier molecular flexibility index (Phi) is 6.40. The Morgan fingerprint density at radius 2 is 1.38 bits per heavy atom. The largest absolute Gasteiger partial charge is 0.388 e. The highest BCUT2D eigenvalue weighted by Gasteiger charge is 2.53. The van der Waals surface area contributed by atoms with E-state index in [2.05, 4.69) is 94.7 Å². The molecule has 2 aliphatic rings. The third kappa shape index (κ3) is 4.52. The molecule has 2 unspecified atom stereocenters. The van der Waals surface area contributed by atoms with E-state index in [1.807, 2.05) is 6.07 Å². The molecular formula is C29H34N2O. The van der Waals surface area contributed by atoms with Gasteiger partial charge in [0.15, 0.2) is 0 Å². The van der Waals surface area contributed by atoms with Crippen LogP contribution in [0.25, 0.3) is 0 Å². The van der Waals surface area contributed by atoms with Crippen LogP contribution < -0.4 is 0 Å². The van der Waals surface area contributed by atoms with Gasteiger partial charge in [-0.05, 0) is 42.0 Å². The van der Waals surface area contributed by atoms with Crippen molar-refractivity contribution in [2.24, 2.45) is 11.3 Å². The first kappa shape index (κ1) is 21.4. The van der Waals surface area contributed by atoms with Crippen molar-refractivity contribution < 1.29 is 5.11 Å². The third-order valence-corrected chi connectivity index (χ3v) is 7.59. The Morgan fingerprint density at radius 1 is 0.781 bits per heavy atom. The van der Waals surface area contributed by atoms with E-state index in [0.717, 1.165) is 57.7 Å². The zero-order valence-electron chi connectivity index (χ0n) is 18.8. The predicted octanol–water partition coefficient (Wildman–Crippen LogP) is 4.79. The van der Waals surface area contributed by atoms with Crippen LogP contribution in [0.15, 0.2) is 91.0 Å². The Morgan fingerprint density at radius 3 is 2.06 bits per heavy atom. The van der Waals surface area contributed by atoms with Crippen LogP contribution >= 0.6 is 0 Å². The van der Waals surface area contributed by atoms with Gasteiger partial charge < -0.3 is 10.0 Å². The highest BCUT2D eigenvalue weighted by molar-refractivity contribution is 5.23. The molecule has 3 nitrogen and oxygen atoms in total. The normalized spacial score (nSPS) is 24.8. The molecule has 3 aromatic rings. The van der Waals surface area contributed by atoms with Crippen LogP contribution in [0.5, 0.6) is 0 Å². The summed E-state index contributed by atoms with van der Waals surface area (Å²) in [5.41, 5.74) is 3.69. The van der Waals surface area contributed by atoms with E-state index in [4.69, 9.17) is 0 Å². The van der Waals surface area contributed by atoms with Crippen LogP contribution in [-0.4, -0.2) is 47.6 Å². The average Bonchev–Trinajstić information content (AvgIpc) is 3.22. The van der Waals surface area contributed by atoms with Gasteiger partial charge in [-0.15, -0.1) is 0 Å². The molecule has 3 aromatic carbocycles. The van der Waals surface area contributed by atoms with E-state index in [1.165, 1.54) is 11.1 Å². The first-order valence-corrected chi connectivity index (χ1v) is 12.0. The van der Waals surface area contributed by atoms with Crippen molar-refractivity contribution in [1.82, 2.24) is 9.80 Å². The zero-order chi connectivity index (χ0) is 21.8. The van der Waals surface area contributed by atoms with Gasteiger partial charge >= 0.3 is 0 Å². The first-order valence-electron chi connectivity index (χ1n) is 12.0. The van der Waals surface area contributed by atoms with Gasteiger partial charge in [-0.25, -0.2) is 0 Å². The summed E-state index contributed by atoms with van der Waals surface area (Å²) >= 11 is 0. The molecule has 0 saturated carbocycles. The molecule has 2 aliphatic heterocycles. The van der Waals surface area contributed by atoms with E-state index in [9.17, 15) is 5.11 Å². The summed E-state index contributed by atoms with van der Waals surface area (Å²) in [6.45, 7) is 6.13. The number of fused-ring (bicyclic) bond motifs is 1. The molecule has 2 fully saturated rings. The number of rotatable bonds is 7. The van der Waals surface area contributed by atoms with E-state index in [-0.39, 0.29) is 5.41 Å². The smallest absolute Gasteiger partial charge is 0.0873 e. The molecule has 0 aliphatic carbocycles. The molecule has 0 spiro atoms. The van der Waals surface area contributed by atoms with Crippen molar-refractivity contribution >= 4 is 0 Å². The summed E-state index contributed by atoms with van der Waals surface area (Å²) in [6, 6.07) is 31.9. The molecule has 0 bridgehead atoms. The van der Waals surface area contributed by atoms with Crippen molar-refractivity contribution in [2.75, 3.05) is 32.7 Å². The molecular weight excluding hydrogens is 392 g/mol. The van der Waals surface area contributed by atoms with Crippen LogP contribution in [0, 0.1) is 11.3 Å². The zero-order valence-corrected chi connectivity index (χ0v) is 18.8. The SMILES string of the molecule is O[C@H](c1ccccc1)C12CN(CCc3ccccc3)CCC1CN(Cc1ccccc1)C2. The second kappa shape index (κ2) is 9.58. The minimum atomic E-state index is -0.436. The van der Waals surface area contributed by atoms with Gasteiger partial charge in [0.25, 0.3) is 0 Å². The van der Waals surface area contributed by atoms with Crippen LogP contribution in [0.4, 0.5) is 0 Å². The minimum Gasteiger partial charge on any atom is -0.388 e. The molecule has 3 heteroatoms. The highest BCUT2D eigenvalue weighted by atomic mass is 16.3. The molecule has 166 valence electrons. The maximum Gasteiger partial charge on any atom is 0.0873 e. The fourth-order valence-electron chi connectivity index (χ4n) is 5.94. The van der Waals surface area contributed by atoms with Crippen molar-refractivity contribution in [3.63, 3.8) is 0 Å². The Labute approximate surface area is 192 Å². The summed E-state index contributed by atoms with van der Waals surface area (Å²) in [7, 11) is 0. The quantitative estimate of drug-likeness (QED) is 0.589. The van der Waals surface area contributed by atoms with E-state index in [0.29, 0.717) is 5.92 Å². The Balaban J connectivity index is 1.36. The number of nitrogens with zero attached hydrogens (tertiary/aromatic N) is 2. The van der Waals surface area contributed by atoms with Gasteiger partial charge in [-0.1, -0.05) is 91.0 Å². The maximum atomic E-state index is 11.7. The van der Waals surface area contributed by atoms with Crippen LogP contribution in [0.1, 0.15) is 29.2 Å². The van der Waals surface area contributed by atoms with Gasteiger partial charge in [0, 0.05) is 38.1 Å². The van der Waals surface area contributed by atoms with Crippen molar-refractivity contribution in [2.45, 2.75) is 25.5 Å². The highest BCUT2D eigenvalue weighted by Crippen LogP contribution is 2.50. The standard InChI is InChI=1S/C29H34N2O/c32-28(26-14-8-3-9-15-26)29-22-30(18-16-24-10-4-1-5-11-24)19-17-27(29)21-31(23-29)20-25-12-6-2-7-13-25/h1-15,27-28,32H,16-23H2/t27?,28-,29?/m1/s1. The molecule has 0 radical (unpaired) electrons. The van der Waals surface area contributed by atoms with Gasteiger partial charge in [-0.2, -0.15) is 0 Å². The van der Waals surface area contributed by atoms with Crippen LogP contribution in [-0.2, 0) is 13.0 Å². The average molecular weight is 427 g/mol. The lowest BCUT2D eigenvalue weighted by Gasteiger charge is -2.47. The maximum absolute atomic E-state index is 11.7. The lowest BCUT2D eigenvalue weighted by molar-refractivity contribution is -0.0512. The van der Waals surface area contributed by atoms with Gasteiger partial charge in [0.1, 0.15) is 0 Å². The van der Waals surface area contributed by atoms with E-state index in [1.54, 1.807) is 0 Å². The van der Waals surface area contributed by atoms with Gasteiger partial charge in [0.05, 0.1) is 6.10 Å². The second-order valence-corrected chi connectivity index (χ2v) is 9.70. The number of hydrogen-bond donors (Lipinski definition) is 1. The second-order valence-electron chi connectivity index (χ2n) is 9.70. The van der Waals surface area contributed by atoms with Gasteiger partial charge in [-0.3, -0.25) is 4.90 Å². The molecule has 2 heterocycles. The molecule has 32 heavy (non-hydrogen) atoms. The summed E-state index contributed by atoms with van der Waals surface area (Å²) < 4.78 is 0. The third-order valence-electron chi connectivity index (χ3n) is 7.59. The Hall–Kier alpha value is -2.46. The number of benzene rings is 3. The number of aliphatic hydroxyl groups is 1. The molecule has 0 amide bonds. The molecule has 3 atom stereocenters. The lowest BCUT2D eigenvalue weighted by atomic mass is 9.67. The topological polar surface area (TPSA) is 26.7 Å². The fraction of sp³-hybridized carbons (Fsp3) is 0.379. The van der Waals surface area contributed by atoms with Crippen molar-refractivity contribution in [3.8, 4) is 0 Å². The summed E-state index contributed by atoms with van der Waals surface area (Å²) in [5.74, 6) is 0.523. The molecule has 1 N–H and O–H groups in total. The summed E-state index contributed by atoms with van der Waals surface area (Å²) in [5, 5.41) is 11.7. The van der Waals surface area contributed by atoms with E-state index < -0.39 is 6.10 Å². The summed E-state index contributed by atoms with van der Waals surface area (Å²) in [6.07, 6.45) is 1.79. The number of aliphatic hydroxyl groups excluding tert-OH is 1. The Bertz CT molecular complexity index is 978. The van der Waals surface area contributed by atoms with Crippen molar-refractivity contribution in [3.05, 3.63) is 108 Å². The monoisotopic (exact) mass is 426 g/mol. The lowest BCUT2D eigenvalue weighted by Crippen LogP contribution is -2.52. The number of hydrogen-bond acceptors (Lipinski definition) is 3. The first-order chi connectivity index (χ1) is 15.7. The van der Waals surface area contributed by atoms with Crippen molar-refractivity contribution in [1.29, 1.82) is 0 Å². The number of likely N-dealkylation sites (tertiary alicyclic amines) is 2. The minimum absolute atomic E-state index is 0.120. The molecule has 5 rings (SSSR count). The van der Waals surface area contributed by atoms with Gasteiger partial charge in [0.2, 0.25) is 0 Å². The fourth-order valence-corrected chi connectivity index (χ4v) is 5.94. The van der Waals surface area contributed by atoms with Crippen LogP contribution in [0.3, 0.4) is 0 Å².